The lowest BCUT2D eigenvalue weighted by molar-refractivity contribution is -0.131. The molecule has 158 valence electrons. The van der Waals surface area contributed by atoms with Crippen LogP contribution in [0.3, 0.4) is 0 Å². The first kappa shape index (κ1) is 20.5. The number of nitrogens with zero attached hydrogens (tertiary/aromatic N) is 1. The van der Waals surface area contributed by atoms with Crippen molar-refractivity contribution < 1.29 is 23.1 Å². The average molecular weight is 422 g/mol. The molecule has 31 heavy (non-hydrogen) atoms. The fourth-order valence-corrected chi connectivity index (χ4v) is 3.44. The van der Waals surface area contributed by atoms with Crippen molar-refractivity contribution >= 4 is 11.8 Å². The number of carbonyl (C=O) groups is 2. The predicted octanol–water partition coefficient (Wildman–Crippen LogP) is 4.07. The van der Waals surface area contributed by atoms with Gasteiger partial charge in [0, 0.05) is 24.7 Å². The zero-order valence-electron chi connectivity index (χ0n) is 16.6. The number of ether oxygens (including phenoxy) is 1. The van der Waals surface area contributed by atoms with Gasteiger partial charge in [0.15, 0.2) is 11.6 Å². The second-order valence-electron chi connectivity index (χ2n) is 7.22. The number of rotatable bonds is 5. The molecule has 0 bridgehead atoms. The van der Waals surface area contributed by atoms with Crippen molar-refractivity contribution in [1.29, 1.82) is 0 Å². The summed E-state index contributed by atoms with van der Waals surface area (Å²) < 4.78 is 32.0. The first-order valence-electron chi connectivity index (χ1n) is 9.85. The van der Waals surface area contributed by atoms with Gasteiger partial charge >= 0.3 is 0 Å². The van der Waals surface area contributed by atoms with Crippen LogP contribution in [0.25, 0.3) is 0 Å². The van der Waals surface area contributed by atoms with Gasteiger partial charge in [0.25, 0.3) is 5.91 Å². The Balaban J connectivity index is 1.31. The molecule has 5 nitrogen and oxygen atoms in total. The Hall–Kier alpha value is -3.74. The molecule has 0 aromatic heterocycles. The standard InChI is InChI=1S/C24H20F2N2O3/c25-19-7-10-22(21(26)13-19)31-20-8-5-17(6-9-20)24(30)27-14-23(29)28-12-11-16-3-1-2-4-18(16)15-28/h1-10,13H,11-12,14-15H2,(H,27,30). The van der Waals surface area contributed by atoms with Crippen molar-refractivity contribution in [2.24, 2.45) is 0 Å². The van der Waals surface area contributed by atoms with E-state index in [0.717, 1.165) is 24.1 Å². The molecule has 0 atom stereocenters. The van der Waals surface area contributed by atoms with Crippen LogP contribution < -0.4 is 10.1 Å². The second-order valence-corrected chi connectivity index (χ2v) is 7.22. The van der Waals surface area contributed by atoms with Gasteiger partial charge in [-0.3, -0.25) is 9.59 Å². The van der Waals surface area contributed by atoms with Gasteiger partial charge in [-0.05, 0) is 53.9 Å². The van der Waals surface area contributed by atoms with E-state index in [1.165, 1.54) is 35.9 Å². The van der Waals surface area contributed by atoms with Crippen LogP contribution in [0, 0.1) is 11.6 Å². The van der Waals surface area contributed by atoms with E-state index in [1.54, 1.807) is 4.90 Å². The number of carbonyl (C=O) groups excluding carboxylic acids is 2. The quantitative estimate of drug-likeness (QED) is 0.674. The highest BCUT2D eigenvalue weighted by Gasteiger charge is 2.20. The summed E-state index contributed by atoms with van der Waals surface area (Å²) in [5.41, 5.74) is 2.71. The zero-order valence-corrected chi connectivity index (χ0v) is 16.6. The van der Waals surface area contributed by atoms with Crippen LogP contribution in [-0.2, 0) is 17.8 Å². The summed E-state index contributed by atoms with van der Waals surface area (Å²) in [6.07, 6.45) is 0.798. The van der Waals surface area contributed by atoms with Gasteiger partial charge in [0.05, 0.1) is 6.54 Å². The molecule has 0 unspecified atom stereocenters. The van der Waals surface area contributed by atoms with Crippen LogP contribution in [0.5, 0.6) is 11.5 Å². The summed E-state index contributed by atoms with van der Waals surface area (Å²) in [4.78, 5) is 26.6. The molecule has 0 fully saturated rings. The van der Waals surface area contributed by atoms with Gasteiger partial charge in [0.2, 0.25) is 5.91 Å². The molecule has 0 aliphatic carbocycles. The molecule has 1 aliphatic rings. The molecule has 0 spiro atoms. The molecule has 3 aromatic carbocycles. The number of halogens is 2. The van der Waals surface area contributed by atoms with Crippen molar-refractivity contribution in [2.45, 2.75) is 13.0 Å². The summed E-state index contributed by atoms with van der Waals surface area (Å²) in [5.74, 6) is -1.88. The molecule has 4 rings (SSSR count). The number of nitrogens with one attached hydrogen (secondary N) is 1. The van der Waals surface area contributed by atoms with Crippen molar-refractivity contribution in [1.82, 2.24) is 10.2 Å². The molecule has 1 N–H and O–H groups in total. The molecule has 1 heterocycles. The highest BCUT2D eigenvalue weighted by molar-refractivity contribution is 5.96. The molecule has 3 aromatic rings. The van der Waals surface area contributed by atoms with E-state index in [4.69, 9.17) is 4.74 Å². The maximum atomic E-state index is 13.7. The second kappa shape index (κ2) is 8.95. The minimum Gasteiger partial charge on any atom is -0.454 e. The number of benzene rings is 3. The van der Waals surface area contributed by atoms with Crippen molar-refractivity contribution in [3.63, 3.8) is 0 Å². The van der Waals surface area contributed by atoms with Crippen LogP contribution >= 0.6 is 0 Å². The number of amides is 2. The third-order valence-corrected chi connectivity index (χ3v) is 5.12. The van der Waals surface area contributed by atoms with Crippen LogP contribution in [0.1, 0.15) is 21.5 Å². The van der Waals surface area contributed by atoms with Crippen molar-refractivity contribution in [3.8, 4) is 11.5 Å². The van der Waals surface area contributed by atoms with E-state index in [-0.39, 0.29) is 18.2 Å². The predicted molar refractivity (Wildman–Crippen MR) is 111 cm³/mol. The van der Waals surface area contributed by atoms with Gasteiger partial charge in [-0.25, -0.2) is 8.78 Å². The normalized spacial score (nSPS) is 12.8. The van der Waals surface area contributed by atoms with Crippen LogP contribution in [-0.4, -0.2) is 29.8 Å². The first-order valence-corrected chi connectivity index (χ1v) is 9.85. The monoisotopic (exact) mass is 422 g/mol. The third kappa shape index (κ3) is 4.88. The van der Waals surface area contributed by atoms with Crippen molar-refractivity contribution in [2.75, 3.05) is 13.1 Å². The Morgan fingerprint density at radius 2 is 1.71 bits per heavy atom. The lowest BCUT2D eigenvalue weighted by Crippen LogP contribution is -2.42. The minimum absolute atomic E-state index is 0.0972. The minimum atomic E-state index is -0.819. The molecule has 0 saturated carbocycles. The first-order chi connectivity index (χ1) is 15.0. The highest BCUT2D eigenvalue weighted by atomic mass is 19.1. The fourth-order valence-electron chi connectivity index (χ4n) is 3.44. The van der Waals surface area contributed by atoms with E-state index in [0.29, 0.717) is 24.4 Å². The average Bonchev–Trinajstić information content (AvgIpc) is 2.79. The zero-order chi connectivity index (χ0) is 21.8. The third-order valence-electron chi connectivity index (χ3n) is 5.12. The number of hydrogen-bond donors (Lipinski definition) is 1. The SMILES string of the molecule is O=C(NCC(=O)N1CCc2ccccc2C1)c1ccc(Oc2ccc(F)cc2F)cc1. The van der Waals surface area contributed by atoms with Gasteiger partial charge in [-0.15, -0.1) is 0 Å². The topological polar surface area (TPSA) is 58.6 Å². The van der Waals surface area contributed by atoms with Crippen LogP contribution in [0.2, 0.25) is 0 Å². The van der Waals surface area contributed by atoms with Crippen LogP contribution in [0.4, 0.5) is 8.78 Å². The smallest absolute Gasteiger partial charge is 0.251 e. The van der Waals surface area contributed by atoms with Gasteiger partial charge < -0.3 is 15.0 Å². The van der Waals surface area contributed by atoms with E-state index >= 15 is 0 Å². The molecule has 1 aliphatic heterocycles. The summed E-state index contributed by atoms with van der Waals surface area (Å²) in [5, 5.41) is 2.63. The lowest BCUT2D eigenvalue weighted by Gasteiger charge is -2.29. The Kier molecular flexibility index (Phi) is 5.93. The highest BCUT2D eigenvalue weighted by Crippen LogP contribution is 2.25. The summed E-state index contributed by atoms with van der Waals surface area (Å²) in [6.45, 7) is 1.06. The van der Waals surface area contributed by atoms with Gasteiger partial charge in [0.1, 0.15) is 11.6 Å². The van der Waals surface area contributed by atoms with Gasteiger partial charge in [-0.1, -0.05) is 24.3 Å². The van der Waals surface area contributed by atoms with E-state index in [2.05, 4.69) is 11.4 Å². The summed E-state index contributed by atoms with van der Waals surface area (Å²) in [6, 6.07) is 17.0. The Bertz CT molecular complexity index is 1120. The Morgan fingerprint density at radius 1 is 0.968 bits per heavy atom. The van der Waals surface area contributed by atoms with Gasteiger partial charge in [-0.2, -0.15) is 0 Å². The molecule has 0 saturated heterocycles. The Morgan fingerprint density at radius 3 is 2.45 bits per heavy atom. The van der Waals surface area contributed by atoms with E-state index in [9.17, 15) is 18.4 Å². The number of hydrogen-bond acceptors (Lipinski definition) is 3. The molecular formula is C24H20F2N2O3. The maximum Gasteiger partial charge on any atom is 0.251 e. The largest absolute Gasteiger partial charge is 0.454 e. The van der Waals surface area contributed by atoms with E-state index < -0.39 is 17.5 Å². The van der Waals surface area contributed by atoms with E-state index in [1.807, 2.05) is 18.2 Å². The molecular weight excluding hydrogens is 402 g/mol. The lowest BCUT2D eigenvalue weighted by atomic mass is 10.00. The molecule has 7 heteroatoms. The van der Waals surface area contributed by atoms with Crippen LogP contribution in [0.15, 0.2) is 66.7 Å². The summed E-state index contributed by atoms with van der Waals surface area (Å²) in [7, 11) is 0. The number of fused-ring (bicyclic) bond motifs is 1. The molecule has 0 radical (unpaired) electrons. The maximum absolute atomic E-state index is 13.7. The van der Waals surface area contributed by atoms with Crippen molar-refractivity contribution in [3.05, 3.63) is 95.1 Å². The fraction of sp³-hybridized carbons (Fsp3) is 0.167. The Labute approximate surface area is 178 Å². The molecule has 2 amide bonds. The summed E-state index contributed by atoms with van der Waals surface area (Å²) >= 11 is 0.